The molecule has 0 aliphatic heterocycles. The smallest absolute Gasteiger partial charge is 0.256 e. The summed E-state index contributed by atoms with van der Waals surface area (Å²) in [6.45, 7) is 4.50. The molecule has 0 amide bonds. The highest BCUT2D eigenvalue weighted by Crippen LogP contribution is 2.23. The molecule has 4 nitrogen and oxygen atoms in total. The first-order valence-electron chi connectivity index (χ1n) is 7.04. The van der Waals surface area contributed by atoms with E-state index in [4.69, 9.17) is 4.74 Å². The van der Waals surface area contributed by atoms with E-state index in [1.165, 1.54) is 0 Å². The number of pyridine rings is 1. The van der Waals surface area contributed by atoms with Crippen molar-refractivity contribution in [1.82, 2.24) is 4.57 Å². The third kappa shape index (κ3) is 3.34. The fourth-order valence-electron chi connectivity index (χ4n) is 2.32. The monoisotopic (exact) mass is 287 g/mol. The standard InChI is InChI=1S/C17H21NO3/c1-12(2)10-18-16(8-7-14(11-19)17(18)20)13-5-4-6-15(9-13)21-3/h4-9,12,19H,10-11H2,1-3H3. The molecule has 1 N–H and O–H groups in total. The van der Waals surface area contributed by atoms with Gasteiger partial charge in [-0.25, -0.2) is 0 Å². The molecule has 0 saturated carbocycles. The molecule has 0 fully saturated rings. The van der Waals surface area contributed by atoms with Gasteiger partial charge in [-0.2, -0.15) is 0 Å². The number of aliphatic hydroxyl groups excluding tert-OH is 1. The second kappa shape index (κ2) is 6.59. The number of methoxy groups -OCH3 is 1. The molecule has 0 saturated heterocycles. The molecule has 0 aliphatic rings. The van der Waals surface area contributed by atoms with Crippen LogP contribution in [0.5, 0.6) is 5.75 Å². The summed E-state index contributed by atoms with van der Waals surface area (Å²) in [5, 5.41) is 9.29. The Bertz CT molecular complexity index is 674. The van der Waals surface area contributed by atoms with Crippen molar-refractivity contribution >= 4 is 0 Å². The molecule has 2 aromatic rings. The molecule has 0 bridgehead atoms. The molecule has 0 atom stereocenters. The first kappa shape index (κ1) is 15.3. The van der Waals surface area contributed by atoms with E-state index < -0.39 is 0 Å². The summed E-state index contributed by atoms with van der Waals surface area (Å²) in [6.07, 6.45) is 0. The van der Waals surface area contributed by atoms with E-state index in [1.807, 2.05) is 30.3 Å². The highest BCUT2D eigenvalue weighted by Gasteiger charge is 2.12. The molecule has 1 aromatic heterocycles. The van der Waals surface area contributed by atoms with Crippen LogP contribution in [0, 0.1) is 5.92 Å². The maximum atomic E-state index is 12.5. The molecule has 2 rings (SSSR count). The van der Waals surface area contributed by atoms with Crippen molar-refractivity contribution in [3.8, 4) is 17.0 Å². The summed E-state index contributed by atoms with van der Waals surface area (Å²) >= 11 is 0. The van der Waals surface area contributed by atoms with E-state index in [-0.39, 0.29) is 12.2 Å². The Morgan fingerprint density at radius 1 is 1.24 bits per heavy atom. The van der Waals surface area contributed by atoms with E-state index in [1.54, 1.807) is 17.7 Å². The van der Waals surface area contributed by atoms with Crippen molar-refractivity contribution in [2.24, 2.45) is 5.92 Å². The van der Waals surface area contributed by atoms with Gasteiger partial charge in [-0.3, -0.25) is 4.79 Å². The number of benzene rings is 1. The number of hydrogen-bond acceptors (Lipinski definition) is 3. The van der Waals surface area contributed by atoms with E-state index in [2.05, 4.69) is 13.8 Å². The van der Waals surface area contributed by atoms with Gasteiger partial charge in [0.15, 0.2) is 0 Å². The Balaban J connectivity index is 2.61. The summed E-state index contributed by atoms with van der Waals surface area (Å²) in [5.41, 5.74) is 2.05. The van der Waals surface area contributed by atoms with Gasteiger partial charge >= 0.3 is 0 Å². The molecule has 0 aliphatic carbocycles. The minimum absolute atomic E-state index is 0.133. The van der Waals surface area contributed by atoms with E-state index in [0.29, 0.717) is 18.0 Å². The molecule has 112 valence electrons. The quantitative estimate of drug-likeness (QED) is 0.920. The van der Waals surface area contributed by atoms with Gasteiger partial charge in [0, 0.05) is 17.7 Å². The van der Waals surface area contributed by atoms with Crippen LogP contribution in [-0.4, -0.2) is 16.8 Å². The summed E-state index contributed by atoms with van der Waals surface area (Å²) in [7, 11) is 1.62. The number of rotatable bonds is 5. The lowest BCUT2D eigenvalue weighted by molar-refractivity contribution is 0.278. The third-order valence-corrected chi connectivity index (χ3v) is 3.34. The Hall–Kier alpha value is -2.07. The summed E-state index contributed by atoms with van der Waals surface area (Å²) in [5.74, 6) is 1.09. The lowest BCUT2D eigenvalue weighted by atomic mass is 10.1. The molecule has 0 radical (unpaired) electrons. The molecular formula is C17H21NO3. The average Bonchev–Trinajstić information content (AvgIpc) is 2.49. The zero-order valence-corrected chi connectivity index (χ0v) is 12.7. The van der Waals surface area contributed by atoms with Gasteiger partial charge < -0.3 is 14.4 Å². The average molecular weight is 287 g/mol. The molecule has 1 heterocycles. The zero-order chi connectivity index (χ0) is 15.4. The summed E-state index contributed by atoms with van der Waals surface area (Å²) in [4.78, 5) is 12.5. The predicted octanol–water partition coefficient (Wildman–Crippen LogP) is 2.67. The first-order valence-corrected chi connectivity index (χ1v) is 7.04. The van der Waals surface area contributed by atoms with Gasteiger partial charge in [0.2, 0.25) is 0 Å². The zero-order valence-electron chi connectivity index (χ0n) is 12.7. The fourth-order valence-corrected chi connectivity index (χ4v) is 2.32. The van der Waals surface area contributed by atoms with Crippen LogP contribution in [0.1, 0.15) is 19.4 Å². The van der Waals surface area contributed by atoms with E-state index in [9.17, 15) is 9.90 Å². The van der Waals surface area contributed by atoms with Crippen LogP contribution in [0.2, 0.25) is 0 Å². The number of aliphatic hydroxyl groups is 1. The van der Waals surface area contributed by atoms with E-state index >= 15 is 0 Å². The van der Waals surface area contributed by atoms with Crippen LogP contribution < -0.4 is 10.3 Å². The molecule has 4 heteroatoms. The first-order chi connectivity index (χ1) is 10.1. The van der Waals surface area contributed by atoms with Gasteiger partial charge in [-0.15, -0.1) is 0 Å². The molecule has 0 unspecified atom stereocenters. The van der Waals surface area contributed by atoms with Gasteiger partial charge in [-0.05, 0) is 30.2 Å². The van der Waals surface area contributed by atoms with Crippen LogP contribution in [0.3, 0.4) is 0 Å². The largest absolute Gasteiger partial charge is 0.497 e. The van der Waals surface area contributed by atoms with Crippen molar-refractivity contribution in [2.75, 3.05) is 7.11 Å². The van der Waals surface area contributed by atoms with Crippen LogP contribution in [0.4, 0.5) is 0 Å². The van der Waals surface area contributed by atoms with Gasteiger partial charge in [0.1, 0.15) is 5.75 Å². The molecule has 1 aromatic carbocycles. The third-order valence-electron chi connectivity index (χ3n) is 3.34. The lowest BCUT2D eigenvalue weighted by Crippen LogP contribution is -2.27. The SMILES string of the molecule is COc1cccc(-c2ccc(CO)c(=O)n2CC(C)C)c1. The minimum atomic E-state index is -0.241. The van der Waals surface area contributed by atoms with E-state index in [0.717, 1.165) is 17.0 Å². The second-order valence-electron chi connectivity index (χ2n) is 5.44. The summed E-state index contributed by atoms with van der Waals surface area (Å²) < 4.78 is 6.97. The summed E-state index contributed by atoms with van der Waals surface area (Å²) in [6, 6.07) is 11.2. The number of nitrogens with zero attached hydrogens (tertiary/aromatic N) is 1. The van der Waals surface area contributed by atoms with Gasteiger partial charge in [0.05, 0.1) is 19.4 Å². The van der Waals surface area contributed by atoms with Crippen LogP contribution in [0.15, 0.2) is 41.2 Å². The fraction of sp³-hybridized carbons (Fsp3) is 0.353. The van der Waals surface area contributed by atoms with Crippen molar-refractivity contribution in [3.05, 3.63) is 52.3 Å². The number of ether oxygens (including phenoxy) is 1. The Morgan fingerprint density at radius 2 is 2.00 bits per heavy atom. The minimum Gasteiger partial charge on any atom is -0.497 e. The molecular weight excluding hydrogens is 266 g/mol. The van der Waals surface area contributed by atoms with Crippen LogP contribution in [0.25, 0.3) is 11.3 Å². The normalized spacial score (nSPS) is 10.9. The van der Waals surface area contributed by atoms with Gasteiger partial charge in [0.25, 0.3) is 5.56 Å². The molecule has 0 spiro atoms. The van der Waals surface area contributed by atoms with Crippen LogP contribution >= 0.6 is 0 Å². The predicted molar refractivity (Wildman–Crippen MR) is 83.5 cm³/mol. The number of hydrogen-bond donors (Lipinski definition) is 1. The van der Waals surface area contributed by atoms with Crippen LogP contribution in [-0.2, 0) is 13.2 Å². The lowest BCUT2D eigenvalue weighted by Gasteiger charge is -2.16. The van der Waals surface area contributed by atoms with Gasteiger partial charge in [-0.1, -0.05) is 26.0 Å². The highest BCUT2D eigenvalue weighted by molar-refractivity contribution is 5.62. The van der Waals surface area contributed by atoms with Crippen molar-refractivity contribution < 1.29 is 9.84 Å². The Kier molecular flexibility index (Phi) is 4.81. The maximum absolute atomic E-state index is 12.5. The Labute approximate surface area is 124 Å². The molecule has 21 heavy (non-hydrogen) atoms. The number of aromatic nitrogens is 1. The Morgan fingerprint density at radius 3 is 2.62 bits per heavy atom. The van der Waals surface area contributed by atoms with Crippen molar-refractivity contribution in [1.29, 1.82) is 0 Å². The van der Waals surface area contributed by atoms with Crippen molar-refractivity contribution in [3.63, 3.8) is 0 Å². The second-order valence-corrected chi connectivity index (χ2v) is 5.44. The maximum Gasteiger partial charge on any atom is 0.256 e. The highest BCUT2D eigenvalue weighted by atomic mass is 16.5. The van der Waals surface area contributed by atoms with Crippen molar-refractivity contribution in [2.45, 2.75) is 27.0 Å². The topological polar surface area (TPSA) is 51.5 Å².